The second-order valence-corrected chi connectivity index (χ2v) is 9.91. The number of benzene rings is 1. The fraction of sp³-hybridized carbons (Fsp3) is 0. The molecule has 0 spiro atoms. The molecule has 0 saturated heterocycles. The first-order valence-electron chi connectivity index (χ1n) is 7.52. The minimum absolute atomic E-state index is 0.0366. The number of hydrogen-bond acceptors (Lipinski definition) is 8. The standard InChI is InChI=1S/C16H8ClFN4O3S3/c17-10-6-19-7-11(18)13(10)26-16-22-21-15(27-16)14(23)20-9-2-1-8-3-4-28(24,25)12(8)5-9/h1-7H,(H,20,23). The van der Waals surface area contributed by atoms with Gasteiger partial charge in [0, 0.05) is 17.3 Å². The first-order chi connectivity index (χ1) is 13.3. The molecule has 0 unspecified atom stereocenters. The lowest BCUT2D eigenvalue weighted by Gasteiger charge is -2.05. The van der Waals surface area contributed by atoms with E-state index in [0.29, 0.717) is 15.6 Å². The van der Waals surface area contributed by atoms with Crippen LogP contribution in [0.4, 0.5) is 10.1 Å². The van der Waals surface area contributed by atoms with Crippen LogP contribution < -0.4 is 5.32 Å². The predicted molar refractivity (Wildman–Crippen MR) is 104 cm³/mol. The van der Waals surface area contributed by atoms with Crippen LogP contribution in [0.5, 0.6) is 0 Å². The molecule has 1 aliphatic heterocycles. The summed E-state index contributed by atoms with van der Waals surface area (Å²) in [5.41, 5.74) is 0.868. The molecule has 2 aromatic heterocycles. The molecule has 12 heteroatoms. The quantitative estimate of drug-likeness (QED) is 0.638. The number of fused-ring (bicyclic) bond motifs is 1. The molecule has 1 N–H and O–H groups in total. The molecule has 4 rings (SSSR count). The highest BCUT2D eigenvalue weighted by Crippen LogP contribution is 2.36. The fourth-order valence-electron chi connectivity index (χ4n) is 2.34. The number of anilines is 1. The zero-order valence-corrected chi connectivity index (χ0v) is 16.8. The molecule has 7 nitrogen and oxygen atoms in total. The van der Waals surface area contributed by atoms with Crippen molar-refractivity contribution in [1.29, 1.82) is 0 Å². The van der Waals surface area contributed by atoms with Crippen LogP contribution in [0.15, 0.2) is 50.1 Å². The van der Waals surface area contributed by atoms with Crippen LogP contribution >= 0.6 is 34.7 Å². The number of sulfone groups is 1. The van der Waals surface area contributed by atoms with E-state index in [1.807, 2.05) is 0 Å². The number of carbonyl (C=O) groups is 1. The minimum Gasteiger partial charge on any atom is -0.320 e. The summed E-state index contributed by atoms with van der Waals surface area (Å²) in [6, 6.07) is 4.57. The van der Waals surface area contributed by atoms with E-state index in [2.05, 4.69) is 20.5 Å². The van der Waals surface area contributed by atoms with Gasteiger partial charge in [-0.1, -0.05) is 40.8 Å². The van der Waals surface area contributed by atoms with Crippen molar-refractivity contribution in [1.82, 2.24) is 15.2 Å². The number of pyridine rings is 1. The SMILES string of the molecule is O=C(Nc1ccc2c(c1)S(=O)(=O)C=C2)c1nnc(Sc2c(F)cncc2Cl)s1. The Labute approximate surface area is 171 Å². The summed E-state index contributed by atoms with van der Waals surface area (Å²) in [5.74, 6) is -1.17. The normalized spacial score (nSPS) is 14.1. The Kier molecular flexibility index (Phi) is 4.91. The summed E-state index contributed by atoms with van der Waals surface area (Å²) in [7, 11) is -3.48. The molecule has 3 aromatic rings. The number of halogens is 2. The zero-order valence-electron chi connectivity index (χ0n) is 13.6. The van der Waals surface area contributed by atoms with Gasteiger partial charge >= 0.3 is 0 Å². The molecule has 142 valence electrons. The number of hydrogen-bond donors (Lipinski definition) is 1. The molecule has 1 amide bonds. The van der Waals surface area contributed by atoms with Crippen LogP contribution in [0.1, 0.15) is 15.4 Å². The van der Waals surface area contributed by atoms with E-state index < -0.39 is 21.6 Å². The number of nitrogens with zero attached hydrogens (tertiary/aromatic N) is 3. The molecule has 1 aliphatic rings. The predicted octanol–water partition coefficient (Wildman–Crippen LogP) is 3.89. The Hall–Kier alpha value is -2.34. The van der Waals surface area contributed by atoms with Gasteiger partial charge in [-0.25, -0.2) is 12.8 Å². The van der Waals surface area contributed by atoms with E-state index in [0.717, 1.165) is 34.7 Å². The molecule has 0 bridgehead atoms. The number of nitrogens with one attached hydrogen (secondary N) is 1. The van der Waals surface area contributed by atoms with Gasteiger partial charge < -0.3 is 5.32 Å². The first kappa shape index (κ1) is 19.0. The third-order valence-electron chi connectivity index (χ3n) is 3.60. The largest absolute Gasteiger partial charge is 0.320 e. The average Bonchev–Trinajstić information content (AvgIpc) is 3.23. The van der Waals surface area contributed by atoms with E-state index in [1.54, 1.807) is 12.1 Å². The van der Waals surface area contributed by atoms with Crippen molar-refractivity contribution >= 4 is 62.2 Å². The number of rotatable bonds is 4. The molecule has 0 radical (unpaired) electrons. The van der Waals surface area contributed by atoms with Crippen LogP contribution in [0.2, 0.25) is 5.02 Å². The van der Waals surface area contributed by atoms with Gasteiger partial charge in [-0.2, -0.15) is 0 Å². The summed E-state index contributed by atoms with van der Waals surface area (Å²) in [6.07, 6.45) is 3.83. The topological polar surface area (TPSA) is 102 Å². The molecular formula is C16H8ClFN4O3S3. The minimum atomic E-state index is -3.48. The van der Waals surface area contributed by atoms with Gasteiger partial charge in [-0.3, -0.25) is 9.78 Å². The zero-order chi connectivity index (χ0) is 19.9. The van der Waals surface area contributed by atoms with Crippen LogP contribution in [0, 0.1) is 5.82 Å². The van der Waals surface area contributed by atoms with Crippen LogP contribution in [-0.4, -0.2) is 29.5 Å². The van der Waals surface area contributed by atoms with Gasteiger partial charge in [0.2, 0.25) is 14.8 Å². The monoisotopic (exact) mass is 454 g/mol. The van der Waals surface area contributed by atoms with Gasteiger partial charge in [-0.05, 0) is 23.8 Å². The van der Waals surface area contributed by atoms with E-state index in [4.69, 9.17) is 11.6 Å². The molecule has 0 fully saturated rings. The summed E-state index contributed by atoms with van der Waals surface area (Å²) >= 11 is 7.81. The van der Waals surface area contributed by atoms with Gasteiger partial charge in [0.1, 0.15) is 0 Å². The number of carbonyl (C=O) groups excluding carboxylic acids is 1. The second-order valence-electron chi connectivity index (χ2n) is 5.46. The lowest BCUT2D eigenvalue weighted by atomic mass is 10.2. The van der Waals surface area contributed by atoms with Crippen LogP contribution in [-0.2, 0) is 9.84 Å². The van der Waals surface area contributed by atoms with E-state index in [-0.39, 0.29) is 19.8 Å². The average molecular weight is 455 g/mol. The molecule has 0 aliphatic carbocycles. The summed E-state index contributed by atoms with van der Waals surface area (Å²) in [6.45, 7) is 0. The third kappa shape index (κ3) is 3.65. The lowest BCUT2D eigenvalue weighted by molar-refractivity contribution is 0.102. The van der Waals surface area contributed by atoms with Crippen molar-refractivity contribution in [2.75, 3.05) is 5.32 Å². The Balaban J connectivity index is 1.52. The van der Waals surface area contributed by atoms with Crippen molar-refractivity contribution < 1.29 is 17.6 Å². The van der Waals surface area contributed by atoms with Crippen LogP contribution in [0.25, 0.3) is 6.08 Å². The summed E-state index contributed by atoms with van der Waals surface area (Å²) in [4.78, 5) is 16.3. The Morgan fingerprint density at radius 1 is 1.25 bits per heavy atom. The van der Waals surface area contributed by atoms with Crippen molar-refractivity contribution in [2.24, 2.45) is 0 Å². The van der Waals surface area contributed by atoms with Crippen molar-refractivity contribution in [3.63, 3.8) is 0 Å². The molecular weight excluding hydrogens is 447 g/mol. The van der Waals surface area contributed by atoms with E-state index in [1.165, 1.54) is 18.3 Å². The smallest absolute Gasteiger partial charge is 0.286 e. The Morgan fingerprint density at radius 3 is 2.86 bits per heavy atom. The molecule has 1 aromatic carbocycles. The molecule has 28 heavy (non-hydrogen) atoms. The fourth-order valence-corrected chi connectivity index (χ4v) is 5.52. The van der Waals surface area contributed by atoms with Crippen LogP contribution in [0.3, 0.4) is 0 Å². The van der Waals surface area contributed by atoms with Gasteiger partial charge in [0.25, 0.3) is 5.91 Å². The Bertz CT molecular complexity index is 1220. The van der Waals surface area contributed by atoms with Crippen molar-refractivity contribution in [3.8, 4) is 0 Å². The van der Waals surface area contributed by atoms with E-state index >= 15 is 0 Å². The molecule has 0 saturated carbocycles. The maximum atomic E-state index is 13.8. The summed E-state index contributed by atoms with van der Waals surface area (Å²) < 4.78 is 38.0. The van der Waals surface area contributed by atoms with Crippen molar-refractivity contribution in [2.45, 2.75) is 14.1 Å². The lowest BCUT2D eigenvalue weighted by Crippen LogP contribution is -2.12. The first-order valence-corrected chi connectivity index (χ1v) is 11.1. The maximum Gasteiger partial charge on any atom is 0.286 e. The van der Waals surface area contributed by atoms with E-state index in [9.17, 15) is 17.6 Å². The number of aromatic nitrogens is 3. The maximum absolute atomic E-state index is 13.8. The highest BCUT2D eigenvalue weighted by molar-refractivity contribution is 8.01. The molecule has 3 heterocycles. The van der Waals surface area contributed by atoms with Gasteiger partial charge in [0.05, 0.1) is 21.0 Å². The molecule has 0 atom stereocenters. The van der Waals surface area contributed by atoms with Gasteiger partial charge in [0.15, 0.2) is 10.2 Å². The second kappa shape index (κ2) is 7.24. The highest BCUT2D eigenvalue weighted by Gasteiger charge is 2.22. The number of amides is 1. The third-order valence-corrected chi connectivity index (χ3v) is 7.56. The van der Waals surface area contributed by atoms with Crippen molar-refractivity contribution in [3.05, 3.63) is 57.4 Å². The Morgan fingerprint density at radius 2 is 2.07 bits per heavy atom. The highest BCUT2D eigenvalue weighted by atomic mass is 35.5. The van der Waals surface area contributed by atoms with Gasteiger partial charge in [-0.15, -0.1) is 10.2 Å². The summed E-state index contributed by atoms with van der Waals surface area (Å²) in [5, 5.41) is 11.5.